The highest BCUT2D eigenvalue weighted by molar-refractivity contribution is 6.31. The van der Waals surface area contributed by atoms with Crippen LogP contribution in [0.4, 0.5) is 4.39 Å². The third kappa shape index (κ3) is 5.02. The van der Waals surface area contributed by atoms with Crippen LogP contribution < -0.4 is 0 Å². The van der Waals surface area contributed by atoms with Crippen molar-refractivity contribution in [1.82, 2.24) is 9.47 Å². The van der Waals surface area contributed by atoms with E-state index in [1.54, 1.807) is 17.0 Å². The lowest BCUT2D eigenvalue weighted by molar-refractivity contribution is 0.0736. The van der Waals surface area contributed by atoms with Crippen molar-refractivity contribution >= 4 is 17.5 Å². The molecule has 28 heavy (non-hydrogen) atoms. The molecule has 1 heterocycles. The lowest BCUT2D eigenvalue weighted by Crippen LogP contribution is -2.32. The molecule has 0 unspecified atom stereocenters. The number of amides is 1. The van der Waals surface area contributed by atoms with Crippen LogP contribution in [0.25, 0.3) is 0 Å². The highest BCUT2D eigenvalue weighted by Gasteiger charge is 2.18. The number of hydrogen-bond donors (Lipinski definition) is 0. The Morgan fingerprint density at radius 3 is 2.68 bits per heavy atom. The van der Waals surface area contributed by atoms with Crippen LogP contribution in [0.3, 0.4) is 0 Å². The zero-order valence-corrected chi connectivity index (χ0v) is 16.7. The second-order valence-electron chi connectivity index (χ2n) is 6.81. The highest BCUT2D eigenvalue weighted by atomic mass is 35.5. The van der Waals surface area contributed by atoms with Crippen LogP contribution in [0.5, 0.6) is 0 Å². The molecular weight excluding hydrogens is 375 g/mol. The van der Waals surface area contributed by atoms with Gasteiger partial charge in [-0.25, -0.2) is 4.39 Å². The highest BCUT2D eigenvalue weighted by Crippen LogP contribution is 2.19. The van der Waals surface area contributed by atoms with Gasteiger partial charge < -0.3 is 9.47 Å². The number of benzene rings is 2. The van der Waals surface area contributed by atoms with Crippen LogP contribution in [-0.2, 0) is 13.1 Å². The molecule has 1 aromatic heterocycles. The van der Waals surface area contributed by atoms with E-state index in [1.807, 2.05) is 42.6 Å². The van der Waals surface area contributed by atoms with E-state index in [-0.39, 0.29) is 5.91 Å². The van der Waals surface area contributed by atoms with Gasteiger partial charge in [-0.15, -0.1) is 0 Å². The Labute approximate surface area is 170 Å². The Bertz CT molecular complexity index is 938. The zero-order valence-electron chi connectivity index (χ0n) is 15.9. The number of carbonyl (C=O) groups is 1. The average molecular weight is 399 g/mol. The van der Waals surface area contributed by atoms with Gasteiger partial charge in [-0.2, -0.15) is 0 Å². The molecule has 0 spiro atoms. The topological polar surface area (TPSA) is 25.2 Å². The third-order valence-corrected chi connectivity index (χ3v) is 5.08. The minimum absolute atomic E-state index is 0.154. The van der Waals surface area contributed by atoms with Gasteiger partial charge in [0.2, 0.25) is 0 Å². The van der Waals surface area contributed by atoms with Crippen LogP contribution >= 0.6 is 11.6 Å². The van der Waals surface area contributed by atoms with Gasteiger partial charge in [0.05, 0.1) is 6.54 Å². The molecule has 0 saturated carbocycles. The Hall–Kier alpha value is -2.59. The van der Waals surface area contributed by atoms with Crippen LogP contribution in [-0.4, -0.2) is 21.9 Å². The van der Waals surface area contributed by atoms with Crippen molar-refractivity contribution in [2.24, 2.45) is 0 Å². The summed E-state index contributed by atoms with van der Waals surface area (Å²) in [5.74, 6) is -0.554. The molecule has 0 aliphatic rings. The van der Waals surface area contributed by atoms with Crippen molar-refractivity contribution in [3.05, 3.63) is 94.5 Å². The van der Waals surface area contributed by atoms with Gasteiger partial charge >= 0.3 is 0 Å². The fourth-order valence-electron chi connectivity index (χ4n) is 3.16. The molecule has 3 aromatic rings. The molecule has 1 amide bonds. The fourth-order valence-corrected chi connectivity index (χ4v) is 3.35. The first-order valence-corrected chi connectivity index (χ1v) is 9.88. The summed E-state index contributed by atoms with van der Waals surface area (Å²) in [5.41, 5.74) is 2.42. The van der Waals surface area contributed by atoms with Crippen molar-refractivity contribution in [1.29, 1.82) is 0 Å². The number of halogens is 2. The maximum Gasteiger partial charge on any atom is 0.254 e. The van der Waals surface area contributed by atoms with E-state index in [0.29, 0.717) is 25.2 Å². The molecule has 3 rings (SSSR count). The minimum atomic E-state index is -0.400. The predicted octanol–water partition coefficient (Wildman–Crippen LogP) is 5.77. The van der Waals surface area contributed by atoms with Crippen LogP contribution in [0.2, 0.25) is 5.02 Å². The molecule has 5 heteroatoms. The van der Waals surface area contributed by atoms with Gasteiger partial charge in [0.15, 0.2) is 0 Å². The van der Waals surface area contributed by atoms with E-state index < -0.39 is 5.82 Å². The molecule has 0 aliphatic carbocycles. The second kappa shape index (κ2) is 9.56. The van der Waals surface area contributed by atoms with E-state index in [0.717, 1.165) is 29.1 Å². The van der Waals surface area contributed by atoms with Crippen molar-refractivity contribution in [3.63, 3.8) is 0 Å². The summed E-state index contributed by atoms with van der Waals surface area (Å²) in [6, 6.07) is 17.6. The Kier molecular flexibility index (Phi) is 6.88. The standard InChI is InChI=1S/C23H24ClFN2O/c1-2-3-13-27(23(28)18-9-6-10-20(25)15-18)17-21-11-7-14-26(21)16-19-8-4-5-12-22(19)24/h4-12,14-15H,2-3,13,16-17H2,1H3. The summed E-state index contributed by atoms with van der Waals surface area (Å²) in [6.45, 7) is 3.82. The number of nitrogens with zero attached hydrogens (tertiary/aromatic N) is 2. The van der Waals surface area contributed by atoms with E-state index in [9.17, 15) is 9.18 Å². The molecule has 0 N–H and O–H groups in total. The quantitative estimate of drug-likeness (QED) is 0.472. The van der Waals surface area contributed by atoms with E-state index in [1.165, 1.54) is 12.1 Å². The number of hydrogen-bond acceptors (Lipinski definition) is 1. The van der Waals surface area contributed by atoms with Gasteiger partial charge in [-0.3, -0.25) is 4.79 Å². The first-order chi connectivity index (χ1) is 13.6. The normalized spacial score (nSPS) is 10.8. The first-order valence-electron chi connectivity index (χ1n) is 9.50. The summed E-state index contributed by atoms with van der Waals surface area (Å²) in [6.07, 6.45) is 3.86. The summed E-state index contributed by atoms with van der Waals surface area (Å²) in [4.78, 5) is 14.8. The SMILES string of the molecule is CCCCN(Cc1cccn1Cc1ccccc1Cl)C(=O)c1cccc(F)c1. The van der Waals surface area contributed by atoms with E-state index >= 15 is 0 Å². The summed E-state index contributed by atoms with van der Waals surface area (Å²) >= 11 is 6.30. The monoisotopic (exact) mass is 398 g/mol. The van der Waals surface area contributed by atoms with E-state index in [2.05, 4.69) is 11.5 Å². The molecule has 0 radical (unpaired) electrons. The molecular formula is C23H24ClFN2O. The van der Waals surface area contributed by atoms with Gasteiger partial charge in [0, 0.05) is 35.6 Å². The average Bonchev–Trinajstić information content (AvgIpc) is 3.13. The third-order valence-electron chi connectivity index (χ3n) is 4.72. The lowest BCUT2D eigenvalue weighted by Gasteiger charge is -2.24. The predicted molar refractivity (Wildman–Crippen MR) is 111 cm³/mol. The van der Waals surface area contributed by atoms with Gasteiger partial charge in [0.25, 0.3) is 5.91 Å². The molecule has 3 nitrogen and oxygen atoms in total. The lowest BCUT2D eigenvalue weighted by atomic mass is 10.1. The molecule has 0 fully saturated rings. The number of aromatic nitrogens is 1. The molecule has 0 saturated heterocycles. The van der Waals surface area contributed by atoms with Crippen molar-refractivity contribution in [2.45, 2.75) is 32.9 Å². The molecule has 0 bridgehead atoms. The Morgan fingerprint density at radius 2 is 1.93 bits per heavy atom. The zero-order chi connectivity index (χ0) is 19.9. The van der Waals surface area contributed by atoms with Gasteiger partial charge in [-0.05, 0) is 48.4 Å². The van der Waals surface area contributed by atoms with Crippen molar-refractivity contribution < 1.29 is 9.18 Å². The van der Waals surface area contributed by atoms with Crippen molar-refractivity contribution in [3.8, 4) is 0 Å². The van der Waals surface area contributed by atoms with Crippen LogP contribution in [0.15, 0.2) is 66.9 Å². The first kappa shape index (κ1) is 20.2. The largest absolute Gasteiger partial charge is 0.345 e. The maximum atomic E-state index is 13.6. The van der Waals surface area contributed by atoms with Crippen LogP contribution in [0.1, 0.15) is 41.4 Å². The summed E-state index contributed by atoms with van der Waals surface area (Å²) < 4.78 is 15.7. The summed E-state index contributed by atoms with van der Waals surface area (Å²) in [5, 5.41) is 0.723. The van der Waals surface area contributed by atoms with E-state index in [4.69, 9.17) is 11.6 Å². The minimum Gasteiger partial charge on any atom is -0.345 e. The Balaban J connectivity index is 1.81. The molecule has 2 aromatic carbocycles. The maximum absolute atomic E-state index is 13.6. The molecule has 146 valence electrons. The molecule has 0 atom stereocenters. The number of rotatable bonds is 8. The Morgan fingerprint density at radius 1 is 1.11 bits per heavy atom. The van der Waals surface area contributed by atoms with Gasteiger partial charge in [0.1, 0.15) is 5.82 Å². The van der Waals surface area contributed by atoms with Crippen LogP contribution in [0, 0.1) is 5.82 Å². The van der Waals surface area contributed by atoms with Gasteiger partial charge in [-0.1, -0.05) is 49.2 Å². The second-order valence-corrected chi connectivity index (χ2v) is 7.22. The fraction of sp³-hybridized carbons (Fsp3) is 0.261. The van der Waals surface area contributed by atoms with Crippen molar-refractivity contribution in [2.75, 3.05) is 6.54 Å². The smallest absolute Gasteiger partial charge is 0.254 e. The molecule has 0 aliphatic heterocycles. The summed E-state index contributed by atoms with van der Waals surface area (Å²) in [7, 11) is 0. The number of carbonyl (C=O) groups excluding carboxylic acids is 1. The number of unbranched alkanes of at least 4 members (excludes halogenated alkanes) is 1.